The molecule has 0 spiro atoms. The van der Waals surface area contributed by atoms with Gasteiger partial charge in [0.2, 0.25) is 0 Å². The Hall–Kier alpha value is -1.87. The molecule has 1 aromatic carbocycles. The van der Waals surface area contributed by atoms with Gasteiger partial charge in [0.25, 0.3) is 0 Å². The van der Waals surface area contributed by atoms with Crippen molar-refractivity contribution >= 4 is 0 Å². The summed E-state index contributed by atoms with van der Waals surface area (Å²) in [6.45, 7) is 2.52. The first kappa shape index (κ1) is 11.6. The highest BCUT2D eigenvalue weighted by atomic mass is 16.5. The van der Waals surface area contributed by atoms with E-state index >= 15 is 0 Å². The Balaban J connectivity index is 2.02. The molecular formula is C14H15NO2. The summed E-state index contributed by atoms with van der Waals surface area (Å²) in [6.07, 6.45) is 3.61. The van der Waals surface area contributed by atoms with Crippen LogP contribution in [0.4, 0.5) is 0 Å². The Morgan fingerprint density at radius 1 is 1.18 bits per heavy atom. The first-order valence-corrected chi connectivity index (χ1v) is 5.51. The quantitative estimate of drug-likeness (QED) is 0.875. The van der Waals surface area contributed by atoms with Crippen LogP contribution in [0.1, 0.15) is 16.7 Å². The molecule has 0 unspecified atom stereocenters. The van der Waals surface area contributed by atoms with Gasteiger partial charge in [-0.05, 0) is 36.2 Å². The topological polar surface area (TPSA) is 42.4 Å². The van der Waals surface area contributed by atoms with Crippen LogP contribution in [0.3, 0.4) is 0 Å². The van der Waals surface area contributed by atoms with Gasteiger partial charge in [-0.15, -0.1) is 0 Å². The summed E-state index contributed by atoms with van der Waals surface area (Å²) in [4.78, 5) is 4.11. The minimum Gasteiger partial charge on any atom is -0.489 e. The maximum Gasteiger partial charge on any atom is 0.120 e. The van der Waals surface area contributed by atoms with E-state index in [1.165, 1.54) is 0 Å². The van der Waals surface area contributed by atoms with E-state index in [1.807, 2.05) is 43.5 Å². The summed E-state index contributed by atoms with van der Waals surface area (Å²) >= 11 is 0. The predicted molar refractivity (Wildman–Crippen MR) is 65.7 cm³/mol. The van der Waals surface area contributed by atoms with E-state index in [9.17, 15) is 0 Å². The Labute approximate surface area is 101 Å². The first-order valence-electron chi connectivity index (χ1n) is 5.51. The zero-order valence-corrected chi connectivity index (χ0v) is 9.76. The lowest BCUT2D eigenvalue weighted by Gasteiger charge is -2.07. The zero-order chi connectivity index (χ0) is 12.1. The predicted octanol–water partition coefficient (Wildman–Crippen LogP) is 2.46. The van der Waals surface area contributed by atoms with E-state index in [2.05, 4.69) is 4.98 Å². The molecular weight excluding hydrogens is 214 g/mol. The number of hydrogen-bond donors (Lipinski definition) is 1. The van der Waals surface area contributed by atoms with Crippen molar-refractivity contribution in [2.45, 2.75) is 20.1 Å². The van der Waals surface area contributed by atoms with Crippen LogP contribution >= 0.6 is 0 Å². The summed E-state index contributed by atoms with van der Waals surface area (Å²) in [7, 11) is 0. The second-order valence-corrected chi connectivity index (χ2v) is 3.96. The van der Waals surface area contributed by atoms with Crippen molar-refractivity contribution < 1.29 is 9.84 Å². The third-order valence-electron chi connectivity index (χ3n) is 2.42. The van der Waals surface area contributed by atoms with Gasteiger partial charge in [-0.1, -0.05) is 12.1 Å². The van der Waals surface area contributed by atoms with Crippen molar-refractivity contribution in [2.75, 3.05) is 0 Å². The highest BCUT2D eigenvalue weighted by Crippen LogP contribution is 2.15. The fourth-order valence-corrected chi connectivity index (χ4v) is 1.60. The Morgan fingerprint density at radius 2 is 2.06 bits per heavy atom. The molecule has 2 aromatic rings. The molecule has 1 heterocycles. The largest absolute Gasteiger partial charge is 0.489 e. The molecule has 1 N–H and O–H groups in total. The van der Waals surface area contributed by atoms with E-state index in [1.54, 1.807) is 6.20 Å². The Bertz CT molecular complexity index is 497. The van der Waals surface area contributed by atoms with Crippen molar-refractivity contribution in [1.82, 2.24) is 4.98 Å². The second kappa shape index (κ2) is 5.46. The molecule has 0 bridgehead atoms. The van der Waals surface area contributed by atoms with Crippen LogP contribution in [0.15, 0.2) is 42.7 Å². The average molecular weight is 229 g/mol. The van der Waals surface area contributed by atoms with Crippen molar-refractivity contribution in [2.24, 2.45) is 0 Å². The molecule has 0 saturated carbocycles. The number of pyridine rings is 1. The van der Waals surface area contributed by atoms with E-state index in [0.29, 0.717) is 6.61 Å². The minimum atomic E-state index is 0.0310. The number of hydrogen-bond acceptors (Lipinski definition) is 3. The summed E-state index contributed by atoms with van der Waals surface area (Å²) in [5.41, 5.74) is 3.01. The number of ether oxygens (including phenoxy) is 1. The third kappa shape index (κ3) is 3.29. The number of aliphatic hydroxyl groups is 1. The molecule has 0 fully saturated rings. The molecule has 2 rings (SSSR count). The van der Waals surface area contributed by atoms with Crippen molar-refractivity contribution in [3.63, 3.8) is 0 Å². The van der Waals surface area contributed by atoms with Gasteiger partial charge in [-0.25, -0.2) is 0 Å². The van der Waals surface area contributed by atoms with Crippen LogP contribution in [0.25, 0.3) is 0 Å². The van der Waals surface area contributed by atoms with Gasteiger partial charge in [-0.2, -0.15) is 0 Å². The molecule has 3 nitrogen and oxygen atoms in total. The van der Waals surface area contributed by atoms with Gasteiger partial charge in [0.05, 0.1) is 6.61 Å². The van der Waals surface area contributed by atoms with E-state index < -0.39 is 0 Å². The zero-order valence-electron chi connectivity index (χ0n) is 9.76. The van der Waals surface area contributed by atoms with E-state index in [4.69, 9.17) is 9.84 Å². The highest BCUT2D eigenvalue weighted by Gasteiger charge is 1.98. The van der Waals surface area contributed by atoms with Gasteiger partial charge in [0.1, 0.15) is 12.4 Å². The first-order chi connectivity index (χ1) is 8.28. The minimum absolute atomic E-state index is 0.0310. The number of benzene rings is 1. The van der Waals surface area contributed by atoms with E-state index in [-0.39, 0.29) is 6.61 Å². The third-order valence-corrected chi connectivity index (χ3v) is 2.42. The molecule has 3 heteroatoms. The number of nitrogens with zero attached hydrogens (tertiary/aromatic N) is 1. The standard InChI is InChI=1S/C14H15NO2/c1-11-5-13(8-15-7-11)10-17-14-4-2-3-12(6-14)9-16/h2-8,16H,9-10H2,1H3. The second-order valence-electron chi connectivity index (χ2n) is 3.96. The molecule has 0 amide bonds. The van der Waals surface area contributed by atoms with Gasteiger partial charge < -0.3 is 9.84 Å². The maximum absolute atomic E-state index is 9.02. The number of rotatable bonds is 4. The highest BCUT2D eigenvalue weighted by molar-refractivity contribution is 5.28. The van der Waals surface area contributed by atoms with Gasteiger partial charge in [0.15, 0.2) is 0 Å². The van der Waals surface area contributed by atoms with Gasteiger partial charge >= 0.3 is 0 Å². The molecule has 0 atom stereocenters. The Kier molecular flexibility index (Phi) is 3.73. The normalized spacial score (nSPS) is 10.2. The molecule has 0 saturated heterocycles. The smallest absolute Gasteiger partial charge is 0.120 e. The Morgan fingerprint density at radius 3 is 2.82 bits per heavy atom. The molecule has 17 heavy (non-hydrogen) atoms. The van der Waals surface area contributed by atoms with Crippen LogP contribution in [0, 0.1) is 6.92 Å². The number of aromatic nitrogens is 1. The molecule has 0 radical (unpaired) electrons. The molecule has 0 aliphatic heterocycles. The van der Waals surface area contributed by atoms with Crippen LogP contribution < -0.4 is 4.74 Å². The molecule has 88 valence electrons. The fraction of sp³-hybridized carbons (Fsp3) is 0.214. The summed E-state index contributed by atoms with van der Waals surface area (Å²) in [6, 6.07) is 9.49. The summed E-state index contributed by atoms with van der Waals surface area (Å²) in [5.74, 6) is 0.762. The summed E-state index contributed by atoms with van der Waals surface area (Å²) in [5, 5.41) is 9.02. The molecule has 0 aliphatic carbocycles. The summed E-state index contributed by atoms with van der Waals surface area (Å²) < 4.78 is 5.64. The van der Waals surface area contributed by atoms with Gasteiger partial charge in [-0.3, -0.25) is 4.98 Å². The number of aryl methyl sites for hydroxylation is 1. The van der Waals surface area contributed by atoms with E-state index in [0.717, 1.165) is 22.4 Å². The van der Waals surface area contributed by atoms with Crippen LogP contribution in [-0.4, -0.2) is 10.1 Å². The lowest BCUT2D eigenvalue weighted by atomic mass is 10.2. The lowest BCUT2D eigenvalue weighted by molar-refractivity contribution is 0.278. The van der Waals surface area contributed by atoms with Crippen molar-refractivity contribution in [3.05, 3.63) is 59.4 Å². The van der Waals surface area contributed by atoms with Crippen molar-refractivity contribution in [1.29, 1.82) is 0 Å². The fourth-order valence-electron chi connectivity index (χ4n) is 1.60. The van der Waals surface area contributed by atoms with Crippen LogP contribution in [-0.2, 0) is 13.2 Å². The number of aliphatic hydroxyl groups excluding tert-OH is 1. The average Bonchev–Trinajstić information content (AvgIpc) is 2.37. The SMILES string of the molecule is Cc1cncc(COc2cccc(CO)c2)c1. The maximum atomic E-state index is 9.02. The van der Waals surface area contributed by atoms with Gasteiger partial charge in [0, 0.05) is 18.0 Å². The lowest BCUT2D eigenvalue weighted by Crippen LogP contribution is -1.97. The molecule has 1 aromatic heterocycles. The van der Waals surface area contributed by atoms with Crippen LogP contribution in [0.2, 0.25) is 0 Å². The van der Waals surface area contributed by atoms with Crippen LogP contribution in [0.5, 0.6) is 5.75 Å². The van der Waals surface area contributed by atoms with Crippen molar-refractivity contribution in [3.8, 4) is 5.75 Å². The monoisotopic (exact) mass is 229 g/mol. The molecule has 0 aliphatic rings.